The van der Waals surface area contributed by atoms with E-state index in [1.54, 1.807) is 7.11 Å². The molecule has 5 heterocycles. The molecule has 0 radical (unpaired) electrons. The molecule has 1 aromatic carbocycles. The lowest BCUT2D eigenvalue weighted by molar-refractivity contribution is 0.0973. The summed E-state index contributed by atoms with van der Waals surface area (Å²) in [6.07, 6.45) is 1.93. The molecular weight excluding hydrogens is 434 g/mol. The van der Waals surface area contributed by atoms with Gasteiger partial charge in [0.15, 0.2) is 11.5 Å². The smallest absolute Gasteiger partial charge is 0.229 e. The van der Waals surface area contributed by atoms with Crippen LogP contribution in [0, 0.1) is 0 Å². The lowest BCUT2D eigenvalue weighted by Gasteiger charge is -2.36. The van der Waals surface area contributed by atoms with Gasteiger partial charge >= 0.3 is 0 Å². The third-order valence-corrected chi connectivity index (χ3v) is 6.72. The number of morpholine rings is 2. The highest BCUT2D eigenvalue weighted by atomic mass is 16.5. The number of anilines is 2. The molecule has 34 heavy (non-hydrogen) atoms. The van der Waals surface area contributed by atoms with E-state index < -0.39 is 0 Å². The van der Waals surface area contributed by atoms with Crippen LogP contribution in [0.5, 0.6) is 5.75 Å². The molecule has 2 N–H and O–H groups in total. The Kier molecular flexibility index (Phi) is 5.26. The molecule has 0 saturated carbocycles. The first-order chi connectivity index (χ1) is 16.6. The maximum atomic E-state index is 5.69. The van der Waals surface area contributed by atoms with E-state index in [1.165, 1.54) is 0 Å². The Hall–Kier alpha value is -3.37. The van der Waals surface area contributed by atoms with Gasteiger partial charge in [0, 0.05) is 41.8 Å². The van der Waals surface area contributed by atoms with Gasteiger partial charge in [-0.1, -0.05) is 0 Å². The molecule has 3 aromatic heterocycles. The maximum absolute atomic E-state index is 5.69. The molecule has 10 nitrogen and oxygen atoms in total. The largest absolute Gasteiger partial charge is 0.497 e. The van der Waals surface area contributed by atoms with Crippen molar-refractivity contribution >= 4 is 33.8 Å². The van der Waals surface area contributed by atoms with Crippen LogP contribution in [0.15, 0.2) is 24.4 Å². The monoisotopic (exact) mass is 463 g/mol. The molecule has 2 fully saturated rings. The van der Waals surface area contributed by atoms with Crippen molar-refractivity contribution in [2.75, 3.05) is 56.4 Å². The average Bonchev–Trinajstić information content (AvgIpc) is 3.50. The molecule has 178 valence electrons. The van der Waals surface area contributed by atoms with Crippen molar-refractivity contribution in [3.63, 3.8) is 0 Å². The van der Waals surface area contributed by atoms with Crippen LogP contribution in [0.25, 0.3) is 33.5 Å². The van der Waals surface area contributed by atoms with Gasteiger partial charge in [0.05, 0.1) is 45.6 Å². The summed E-state index contributed by atoms with van der Waals surface area (Å²) in [5, 5.41) is 1.07. The van der Waals surface area contributed by atoms with Crippen molar-refractivity contribution in [3.05, 3.63) is 24.4 Å². The van der Waals surface area contributed by atoms with E-state index in [-0.39, 0.29) is 12.1 Å². The minimum absolute atomic E-state index is 0.192. The zero-order valence-corrected chi connectivity index (χ0v) is 19.7. The number of aromatic amines is 2. The van der Waals surface area contributed by atoms with Gasteiger partial charge in [0.2, 0.25) is 5.95 Å². The van der Waals surface area contributed by atoms with Crippen molar-refractivity contribution in [1.82, 2.24) is 24.9 Å². The molecular formula is C24H29N7O3. The van der Waals surface area contributed by atoms with Crippen LogP contribution in [0.4, 0.5) is 11.8 Å². The Morgan fingerprint density at radius 2 is 1.76 bits per heavy atom. The number of nitrogens with zero attached hydrogens (tertiary/aromatic N) is 5. The maximum Gasteiger partial charge on any atom is 0.229 e. The van der Waals surface area contributed by atoms with E-state index in [1.807, 2.05) is 18.3 Å². The summed E-state index contributed by atoms with van der Waals surface area (Å²) in [5.41, 5.74) is 3.43. The topological polar surface area (TPSA) is 104 Å². The molecule has 6 rings (SSSR count). The van der Waals surface area contributed by atoms with E-state index >= 15 is 0 Å². The number of rotatable bonds is 4. The molecule has 2 atom stereocenters. The molecule has 2 unspecified atom stereocenters. The number of methoxy groups -OCH3 is 1. The summed E-state index contributed by atoms with van der Waals surface area (Å²) in [7, 11) is 1.67. The summed E-state index contributed by atoms with van der Waals surface area (Å²) in [4.78, 5) is 26.3. The quantitative estimate of drug-likeness (QED) is 0.476. The molecule has 0 spiro atoms. The Labute approximate surface area is 197 Å². The Morgan fingerprint density at radius 3 is 2.50 bits per heavy atom. The van der Waals surface area contributed by atoms with Crippen molar-refractivity contribution in [3.8, 4) is 17.1 Å². The summed E-state index contributed by atoms with van der Waals surface area (Å²) in [5.74, 6) is 3.05. The number of H-pyrrole nitrogens is 2. The number of aromatic nitrogens is 5. The van der Waals surface area contributed by atoms with Gasteiger partial charge in [-0.05, 0) is 26.0 Å². The van der Waals surface area contributed by atoms with Crippen LogP contribution in [0.2, 0.25) is 0 Å². The van der Waals surface area contributed by atoms with Crippen LogP contribution in [-0.2, 0) is 9.47 Å². The fourth-order valence-corrected chi connectivity index (χ4v) is 4.86. The number of hydrogen-bond acceptors (Lipinski definition) is 8. The zero-order valence-electron chi connectivity index (χ0n) is 19.7. The van der Waals surface area contributed by atoms with Crippen molar-refractivity contribution in [2.24, 2.45) is 0 Å². The second-order valence-electron chi connectivity index (χ2n) is 8.98. The summed E-state index contributed by atoms with van der Waals surface area (Å²) in [6.45, 7) is 8.46. The SMILES string of the molecule is COc1cc(-c2nc3nc(N4CCOCC4C)nc(N4CCOCC4C)c3[nH]2)c2cc[nH]c2c1. The van der Waals surface area contributed by atoms with Gasteiger partial charge in [-0.3, -0.25) is 0 Å². The van der Waals surface area contributed by atoms with E-state index in [2.05, 4.69) is 39.7 Å². The number of nitrogens with one attached hydrogen (secondary N) is 2. The highest BCUT2D eigenvalue weighted by Gasteiger charge is 2.28. The van der Waals surface area contributed by atoms with Gasteiger partial charge in [0.1, 0.15) is 17.1 Å². The molecule has 2 aliphatic heterocycles. The predicted molar refractivity (Wildman–Crippen MR) is 131 cm³/mol. The van der Waals surface area contributed by atoms with E-state index in [0.717, 1.165) is 52.5 Å². The summed E-state index contributed by atoms with van der Waals surface area (Å²) in [6, 6.07) is 6.43. The molecule has 4 aromatic rings. The fourth-order valence-electron chi connectivity index (χ4n) is 4.86. The Morgan fingerprint density at radius 1 is 1.00 bits per heavy atom. The lowest BCUT2D eigenvalue weighted by Crippen LogP contribution is -2.46. The van der Waals surface area contributed by atoms with E-state index in [4.69, 9.17) is 29.2 Å². The third kappa shape index (κ3) is 3.54. The third-order valence-electron chi connectivity index (χ3n) is 6.72. The zero-order chi connectivity index (χ0) is 23.2. The Balaban J connectivity index is 1.54. The number of ether oxygens (including phenoxy) is 3. The van der Waals surface area contributed by atoms with Crippen LogP contribution >= 0.6 is 0 Å². The fraction of sp³-hybridized carbons (Fsp3) is 0.458. The standard InChI is InChI=1S/C24H29N7O3/c1-14-12-33-8-6-30(14)23-20-22(28-24(29-23)31-7-9-34-13-15(31)2)27-21(26-20)18-10-16(32-3)11-19-17(18)4-5-25-19/h4-5,10-11,14-15,25H,6-9,12-13H2,1-3H3,(H,26,27,28,29). The van der Waals surface area contributed by atoms with Gasteiger partial charge in [0.25, 0.3) is 0 Å². The Bertz CT molecular complexity index is 1330. The second kappa shape index (κ2) is 8.44. The van der Waals surface area contributed by atoms with Gasteiger partial charge in [-0.25, -0.2) is 4.98 Å². The van der Waals surface area contributed by atoms with Crippen LogP contribution < -0.4 is 14.5 Å². The van der Waals surface area contributed by atoms with E-state index in [9.17, 15) is 0 Å². The highest BCUT2D eigenvalue weighted by molar-refractivity contribution is 5.97. The summed E-state index contributed by atoms with van der Waals surface area (Å²) < 4.78 is 16.9. The minimum Gasteiger partial charge on any atom is -0.497 e. The minimum atomic E-state index is 0.192. The van der Waals surface area contributed by atoms with Crippen LogP contribution in [-0.4, -0.2) is 83.6 Å². The van der Waals surface area contributed by atoms with Crippen LogP contribution in [0.1, 0.15) is 13.8 Å². The van der Waals surface area contributed by atoms with E-state index in [0.29, 0.717) is 38.0 Å². The molecule has 0 aliphatic carbocycles. The number of imidazole rings is 1. The second-order valence-corrected chi connectivity index (χ2v) is 8.98. The number of hydrogen-bond donors (Lipinski definition) is 2. The van der Waals surface area contributed by atoms with Gasteiger partial charge < -0.3 is 34.0 Å². The molecule has 2 saturated heterocycles. The first-order valence-electron chi connectivity index (χ1n) is 11.7. The number of fused-ring (bicyclic) bond motifs is 2. The first kappa shape index (κ1) is 21.2. The molecule has 10 heteroatoms. The highest BCUT2D eigenvalue weighted by Crippen LogP contribution is 2.35. The van der Waals surface area contributed by atoms with Gasteiger partial charge in [-0.15, -0.1) is 0 Å². The average molecular weight is 464 g/mol. The predicted octanol–water partition coefficient (Wildman–Crippen LogP) is 2.96. The molecule has 0 bridgehead atoms. The summed E-state index contributed by atoms with van der Waals surface area (Å²) >= 11 is 0. The van der Waals surface area contributed by atoms with Gasteiger partial charge in [-0.2, -0.15) is 9.97 Å². The lowest BCUT2D eigenvalue weighted by atomic mass is 10.1. The van der Waals surface area contributed by atoms with Crippen molar-refractivity contribution in [2.45, 2.75) is 25.9 Å². The normalized spacial score (nSPS) is 21.5. The first-order valence-corrected chi connectivity index (χ1v) is 11.7. The van der Waals surface area contributed by atoms with Crippen molar-refractivity contribution in [1.29, 1.82) is 0 Å². The number of benzene rings is 1. The molecule has 0 amide bonds. The van der Waals surface area contributed by atoms with Crippen molar-refractivity contribution < 1.29 is 14.2 Å². The van der Waals surface area contributed by atoms with Crippen LogP contribution in [0.3, 0.4) is 0 Å². The molecule has 2 aliphatic rings.